The summed E-state index contributed by atoms with van der Waals surface area (Å²) < 4.78 is 6.09. The summed E-state index contributed by atoms with van der Waals surface area (Å²) in [6.45, 7) is 1.78. The van der Waals surface area contributed by atoms with Crippen LogP contribution in [0.1, 0.15) is 12.5 Å². The SMILES string of the molecule is CC(Sc1nc(-c2ccccc2)c(-c2ccccc2)o1)C(=O)Nc1ccccc1C#N. The predicted octanol–water partition coefficient (Wildman–Crippen LogP) is 6.00. The lowest BCUT2D eigenvalue weighted by molar-refractivity contribution is -0.115. The number of benzene rings is 3. The molecule has 6 heteroatoms. The molecule has 0 radical (unpaired) electrons. The highest BCUT2D eigenvalue weighted by atomic mass is 32.2. The van der Waals surface area contributed by atoms with E-state index in [0.29, 0.717) is 22.2 Å². The van der Waals surface area contributed by atoms with Gasteiger partial charge >= 0.3 is 0 Å². The molecule has 1 heterocycles. The highest BCUT2D eigenvalue weighted by molar-refractivity contribution is 8.00. The lowest BCUT2D eigenvalue weighted by Crippen LogP contribution is -2.22. The second kappa shape index (κ2) is 9.33. The maximum absolute atomic E-state index is 12.7. The monoisotopic (exact) mass is 425 g/mol. The Morgan fingerprint density at radius 3 is 2.26 bits per heavy atom. The van der Waals surface area contributed by atoms with Crippen molar-refractivity contribution in [3.63, 3.8) is 0 Å². The van der Waals surface area contributed by atoms with Crippen molar-refractivity contribution in [3.05, 3.63) is 90.5 Å². The highest BCUT2D eigenvalue weighted by Gasteiger charge is 2.22. The van der Waals surface area contributed by atoms with Gasteiger partial charge in [0, 0.05) is 11.1 Å². The van der Waals surface area contributed by atoms with Crippen molar-refractivity contribution in [3.8, 4) is 28.7 Å². The highest BCUT2D eigenvalue weighted by Crippen LogP contribution is 2.36. The van der Waals surface area contributed by atoms with Crippen molar-refractivity contribution in [2.45, 2.75) is 17.4 Å². The molecule has 152 valence electrons. The normalized spacial score (nSPS) is 11.5. The standard InChI is InChI=1S/C25H19N3O2S/c1-17(24(29)27-21-15-9-8-14-20(21)16-26)31-25-28-22(18-10-4-2-5-11-18)23(30-25)19-12-6-3-7-13-19/h2-15,17H,1H3,(H,27,29). The smallest absolute Gasteiger partial charge is 0.257 e. The molecule has 0 fully saturated rings. The largest absolute Gasteiger partial charge is 0.431 e. The number of amides is 1. The molecule has 1 N–H and O–H groups in total. The maximum Gasteiger partial charge on any atom is 0.257 e. The summed E-state index contributed by atoms with van der Waals surface area (Å²) in [5, 5.41) is 12.0. The average Bonchev–Trinajstić information content (AvgIpc) is 3.24. The second-order valence-electron chi connectivity index (χ2n) is 6.80. The number of aromatic nitrogens is 1. The number of thioether (sulfide) groups is 1. The molecule has 0 spiro atoms. The molecular formula is C25H19N3O2S. The van der Waals surface area contributed by atoms with Gasteiger partial charge < -0.3 is 9.73 Å². The molecule has 4 rings (SSSR count). The Labute approximate surface area is 184 Å². The molecule has 0 saturated heterocycles. The van der Waals surface area contributed by atoms with Crippen LogP contribution >= 0.6 is 11.8 Å². The Kier molecular flexibility index (Phi) is 6.16. The second-order valence-corrected chi connectivity index (χ2v) is 8.09. The summed E-state index contributed by atoms with van der Waals surface area (Å²) in [7, 11) is 0. The number of carbonyl (C=O) groups excluding carboxylic acids is 1. The first kappa shape index (κ1) is 20.5. The number of nitrogens with zero attached hydrogens (tertiary/aromatic N) is 2. The van der Waals surface area contributed by atoms with E-state index in [2.05, 4.69) is 16.4 Å². The Bertz CT molecular complexity index is 1170. The van der Waals surface area contributed by atoms with Gasteiger partial charge in [-0.25, -0.2) is 4.98 Å². The summed E-state index contributed by atoms with van der Waals surface area (Å²) in [6, 6.07) is 28.6. The van der Waals surface area contributed by atoms with E-state index < -0.39 is 5.25 Å². The fraction of sp³-hybridized carbons (Fsp3) is 0.0800. The van der Waals surface area contributed by atoms with Crippen molar-refractivity contribution in [2.24, 2.45) is 0 Å². The number of hydrogen-bond donors (Lipinski definition) is 1. The van der Waals surface area contributed by atoms with Gasteiger partial charge in [0.05, 0.1) is 16.5 Å². The summed E-state index contributed by atoms with van der Waals surface area (Å²) in [4.78, 5) is 17.4. The van der Waals surface area contributed by atoms with E-state index in [9.17, 15) is 10.1 Å². The number of rotatable bonds is 6. The van der Waals surface area contributed by atoms with Crippen LogP contribution in [0, 0.1) is 11.3 Å². The number of oxazole rings is 1. The first-order chi connectivity index (χ1) is 15.2. The van der Waals surface area contributed by atoms with Gasteiger partial charge in [-0.3, -0.25) is 4.79 Å². The van der Waals surface area contributed by atoms with E-state index in [0.717, 1.165) is 16.8 Å². The lowest BCUT2D eigenvalue weighted by Gasteiger charge is -2.11. The van der Waals surface area contributed by atoms with Crippen LogP contribution in [0.4, 0.5) is 5.69 Å². The van der Waals surface area contributed by atoms with Gasteiger partial charge in [0.15, 0.2) is 5.76 Å². The van der Waals surface area contributed by atoms with Gasteiger partial charge in [0.25, 0.3) is 5.22 Å². The topological polar surface area (TPSA) is 78.9 Å². The van der Waals surface area contributed by atoms with Gasteiger partial charge in [-0.2, -0.15) is 5.26 Å². The van der Waals surface area contributed by atoms with Crippen LogP contribution in [0.5, 0.6) is 0 Å². The summed E-state index contributed by atoms with van der Waals surface area (Å²) in [6.07, 6.45) is 0. The molecule has 0 aliphatic carbocycles. The third kappa shape index (κ3) is 4.68. The van der Waals surface area contributed by atoms with Crippen LogP contribution in [0.25, 0.3) is 22.6 Å². The molecule has 0 aliphatic rings. The number of hydrogen-bond acceptors (Lipinski definition) is 5. The molecule has 1 amide bonds. The van der Waals surface area contributed by atoms with Crippen molar-refractivity contribution in [2.75, 3.05) is 5.32 Å². The van der Waals surface area contributed by atoms with E-state index in [1.807, 2.05) is 60.7 Å². The molecule has 3 aromatic carbocycles. The Balaban J connectivity index is 1.59. The molecule has 0 bridgehead atoms. The first-order valence-corrected chi connectivity index (χ1v) is 10.6. The molecule has 1 atom stereocenters. The molecule has 1 unspecified atom stereocenters. The summed E-state index contributed by atoms with van der Waals surface area (Å²) in [5.41, 5.74) is 3.50. The number of para-hydroxylation sites is 1. The van der Waals surface area contributed by atoms with Crippen molar-refractivity contribution < 1.29 is 9.21 Å². The van der Waals surface area contributed by atoms with E-state index in [1.54, 1.807) is 31.2 Å². The molecular weight excluding hydrogens is 406 g/mol. The fourth-order valence-electron chi connectivity index (χ4n) is 3.06. The minimum atomic E-state index is -0.474. The van der Waals surface area contributed by atoms with Crippen LogP contribution in [-0.4, -0.2) is 16.1 Å². The third-order valence-corrected chi connectivity index (χ3v) is 5.59. The van der Waals surface area contributed by atoms with Gasteiger partial charge in [0.2, 0.25) is 5.91 Å². The van der Waals surface area contributed by atoms with Crippen molar-refractivity contribution in [1.29, 1.82) is 5.26 Å². The van der Waals surface area contributed by atoms with Gasteiger partial charge in [-0.1, -0.05) is 84.6 Å². The Morgan fingerprint density at radius 2 is 1.58 bits per heavy atom. The number of nitriles is 1. The summed E-state index contributed by atoms with van der Waals surface area (Å²) in [5.74, 6) is 0.435. The lowest BCUT2D eigenvalue weighted by atomic mass is 10.1. The van der Waals surface area contributed by atoms with Crippen molar-refractivity contribution in [1.82, 2.24) is 4.98 Å². The van der Waals surface area contributed by atoms with Crippen LogP contribution in [-0.2, 0) is 4.79 Å². The van der Waals surface area contributed by atoms with Gasteiger partial charge in [-0.05, 0) is 19.1 Å². The number of anilines is 1. The first-order valence-electron chi connectivity index (χ1n) is 9.74. The van der Waals surface area contributed by atoms with E-state index in [1.165, 1.54) is 11.8 Å². The zero-order valence-electron chi connectivity index (χ0n) is 16.8. The third-order valence-electron chi connectivity index (χ3n) is 4.64. The minimum Gasteiger partial charge on any atom is -0.431 e. The predicted molar refractivity (Wildman–Crippen MR) is 122 cm³/mol. The van der Waals surface area contributed by atoms with Gasteiger partial charge in [0.1, 0.15) is 11.8 Å². The Hall–Kier alpha value is -3.82. The van der Waals surface area contributed by atoms with Gasteiger partial charge in [-0.15, -0.1) is 0 Å². The Morgan fingerprint density at radius 1 is 0.968 bits per heavy atom. The fourth-order valence-corrected chi connectivity index (χ4v) is 3.80. The molecule has 5 nitrogen and oxygen atoms in total. The molecule has 31 heavy (non-hydrogen) atoms. The quantitative estimate of drug-likeness (QED) is 0.383. The van der Waals surface area contributed by atoms with Crippen molar-refractivity contribution >= 4 is 23.4 Å². The van der Waals surface area contributed by atoms with E-state index in [4.69, 9.17) is 4.42 Å². The molecule has 0 aliphatic heterocycles. The maximum atomic E-state index is 12.7. The van der Waals surface area contributed by atoms with Crippen LogP contribution in [0.3, 0.4) is 0 Å². The summed E-state index contributed by atoms with van der Waals surface area (Å²) >= 11 is 1.24. The zero-order valence-corrected chi connectivity index (χ0v) is 17.6. The average molecular weight is 426 g/mol. The molecule has 1 aromatic heterocycles. The van der Waals surface area contributed by atoms with E-state index in [-0.39, 0.29) is 5.91 Å². The minimum absolute atomic E-state index is 0.228. The van der Waals surface area contributed by atoms with Crippen LogP contribution in [0.15, 0.2) is 94.6 Å². The number of carbonyl (C=O) groups is 1. The molecule has 0 saturated carbocycles. The van der Waals surface area contributed by atoms with E-state index >= 15 is 0 Å². The van der Waals surface area contributed by atoms with Crippen LogP contribution in [0.2, 0.25) is 0 Å². The molecule has 4 aromatic rings. The van der Waals surface area contributed by atoms with Crippen LogP contribution < -0.4 is 5.32 Å². The number of nitrogens with one attached hydrogen (secondary N) is 1. The zero-order chi connectivity index (χ0) is 21.6.